The fourth-order valence-electron chi connectivity index (χ4n) is 1.60. The molecule has 0 rings (SSSR count). The minimum absolute atomic E-state index is 0.0631. The van der Waals surface area contributed by atoms with E-state index < -0.39 is 23.8 Å². The standard InChI is InChI=1S/C10H19NO4/c1-5-8(12)10(15,6-9(13)14)7-11(2,3)4/h15H,5-7H2,1-4H3/t10-/m0/s1. The molecule has 1 N–H and O–H groups in total. The van der Waals surface area contributed by atoms with Gasteiger partial charge in [0, 0.05) is 18.8 Å². The summed E-state index contributed by atoms with van der Waals surface area (Å²) < 4.78 is 0.315. The maximum absolute atomic E-state index is 11.5. The summed E-state index contributed by atoms with van der Waals surface area (Å²) in [7, 11) is 5.34. The molecule has 0 amide bonds. The molecule has 15 heavy (non-hydrogen) atoms. The molecule has 0 heterocycles. The topological polar surface area (TPSA) is 77.4 Å². The van der Waals surface area contributed by atoms with Crippen LogP contribution in [0.3, 0.4) is 0 Å². The van der Waals surface area contributed by atoms with Gasteiger partial charge in [-0.3, -0.25) is 4.79 Å². The predicted octanol–water partition coefficient (Wildman–Crippen LogP) is -1.46. The van der Waals surface area contributed by atoms with Crippen LogP contribution in [0.2, 0.25) is 0 Å². The molecule has 0 aromatic heterocycles. The number of hydrogen-bond donors (Lipinski definition) is 1. The molecule has 0 saturated carbocycles. The van der Waals surface area contributed by atoms with E-state index in [2.05, 4.69) is 0 Å². The van der Waals surface area contributed by atoms with E-state index in [1.807, 2.05) is 0 Å². The lowest BCUT2D eigenvalue weighted by molar-refractivity contribution is -0.875. The van der Waals surface area contributed by atoms with E-state index >= 15 is 0 Å². The lowest BCUT2D eigenvalue weighted by Gasteiger charge is -2.34. The zero-order valence-electron chi connectivity index (χ0n) is 9.74. The van der Waals surface area contributed by atoms with Crippen LogP contribution in [0.1, 0.15) is 19.8 Å². The Labute approximate surface area is 89.9 Å². The van der Waals surface area contributed by atoms with Crippen LogP contribution in [0, 0.1) is 0 Å². The van der Waals surface area contributed by atoms with Crippen molar-refractivity contribution in [1.82, 2.24) is 0 Å². The van der Waals surface area contributed by atoms with E-state index in [1.165, 1.54) is 0 Å². The molecule has 0 fully saturated rings. The predicted molar refractivity (Wildman–Crippen MR) is 52.8 cm³/mol. The molecule has 0 bridgehead atoms. The summed E-state index contributed by atoms with van der Waals surface area (Å²) in [6.07, 6.45) is -0.529. The molecular weight excluding hydrogens is 198 g/mol. The number of carbonyl (C=O) groups excluding carboxylic acids is 2. The zero-order chi connectivity index (χ0) is 12.3. The molecule has 0 aliphatic heterocycles. The highest BCUT2D eigenvalue weighted by Crippen LogP contribution is 2.17. The van der Waals surface area contributed by atoms with Gasteiger partial charge in [-0.25, -0.2) is 0 Å². The lowest BCUT2D eigenvalue weighted by atomic mass is 9.91. The Kier molecular flexibility index (Phi) is 4.42. The third-order valence-corrected chi connectivity index (χ3v) is 2.01. The van der Waals surface area contributed by atoms with E-state index in [0.717, 1.165) is 0 Å². The first kappa shape index (κ1) is 14.1. The highest BCUT2D eigenvalue weighted by molar-refractivity contribution is 5.90. The summed E-state index contributed by atoms with van der Waals surface area (Å²) in [5, 5.41) is 20.5. The number of nitrogens with zero attached hydrogens (tertiary/aromatic N) is 1. The van der Waals surface area contributed by atoms with Gasteiger partial charge in [-0.1, -0.05) is 6.92 Å². The second-order valence-corrected chi connectivity index (χ2v) is 4.81. The highest BCUT2D eigenvalue weighted by Gasteiger charge is 2.39. The molecule has 0 aromatic carbocycles. The Morgan fingerprint density at radius 3 is 2.07 bits per heavy atom. The Balaban J connectivity index is 4.86. The number of aliphatic hydroxyl groups is 1. The van der Waals surface area contributed by atoms with Crippen molar-refractivity contribution in [3.63, 3.8) is 0 Å². The van der Waals surface area contributed by atoms with Gasteiger partial charge in [0.25, 0.3) is 0 Å². The number of carboxylic acids is 1. The van der Waals surface area contributed by atoms with Gasteiger partial charge in [-0.05, 0) is 0 Å². The van der Waals surface area contributed by atoms with Crippen molar-refractivity contribution in [3.8, 4) is 0 Å². The van der Waals surface area contributed by atoms with Crippen molar-refractivity contribution in [2.45, 2.75) is 25.4 Å². The van der Waals surface area contributed by atoms with Gasteiger partial charge < -0.3 is 19.5 Å². The minimum Gasteiger partial charge on any atom is -0.550 e. The number of carboxylic acid groups (broad SMARTS) is 1. The molecule has 0 spiro atoms. The summed E-state index contributed by atoms with van der Waals surface area (Å²) in [6, 6.07) is 0. The molecule has 0 aliphatic carbocycles. The van der Waals surface area contributed by atoms with Gasteiger partial charge in [0.1, 0.15) is 6.54 Å². The first-order valence-electron chi connectivity index (χ1n) is 4.87. The van der Waals surface area contributed by atoms with Crippen LogP contribution in [0.15, 0.2) is 0 Å². The van der Waals surface area contributed by atoms with Gasteiger partial charge in [-0.15, -0.1) is 0 Å². The van der Waals surface area contributed by atoms with E-state index in [0.29, 0.717) is 4.48 Å². The number of carbonyl (C=O) groups is 2. The normalized spacial score (nSPS) is 15.8. The number of hydrogen-bond acceptors (Lipinski definition) is 4. The summed E-state index contributed by atoms with van der Waals surface area (Å²) in [4.78, 5) is 22.0. The van der Waals surface area contributed by atoms with Gasteiger partial charge >= 0.3 is 0 Å². The fraction of sp³-hybridized carbons (Fsp3) is 0.800. The smallest absolute Gasteiger partial charge is 0.177 e. The first-order valence-corrected chi connectivity index (χ1v) is 4.87. The van der Waals surface area contributed by atoms with Crippen molar-refractivity contribution >= 4 is 11.8 Å². The van der Waals surface area contributed by atoms with Crippen LogP contribution in [0.4, 0.5) is 0 Å². The third kappa shape index (κ3) is 4.90. The van der Waals surface area contributed by atoms with E-state index in [1.54, 1.807) is 28.1 Å². The molecule has 5 nitrogen and oxygen atoms in total. The Morgan fingerprint density at radius 2 is 1.80 bits per heavy atom. The number of rotatable bonds is 6. The maximum atomic E-state index is 11.5. The largest absolute Gasteiger partial charge is 0.550 e. The Hall–Kier alpha value is -0.940. The van der Waals surface area contributed by atoms with Crippen molar-refractivity contribution in [2.24, 2.45) is 0 Å². The first-order chi connectivity index (χ1) is 6.60. The number of aliphatic carboxylic acids is 1. The zero-order valence-corrected chi connectivity index (χ0v) is 9.74. The van der Waals surface area contributed by atoms with E-state index in [4.69, 9.17) is 0 Å². The molecule has 0 aromatic rings. The van der Waals surface area contributed by atoms with Gasteiger partial charge in [0.05, 0.1) is 21.1 Å². The van der Waals surface area contributed by atoms with Crippen LogP contribution < -0.4 is 5.11 Å². The monoisotopic (exact) mass is 217 g/mol. The van der Waals surface area contributed by atoms with Crippen LogP contribution in [-0.4, -0.2) is 54.6 Å². The number of ketones is 1. The number of likely N-dealkylation sites (N-methyl/N-ethyl adjacent to an activating group) is 1. The molecular formula is C10H19NO4. The molecule has 88 valence electrons. The SMILES string of the molecule is CCC(=O)[C@](O)(CC(=O)[O-])C[N+](C)(C)C. The van der Waals surface area contributed by atoms with Crippen LogP contribution in [0.25, 0.3) is 0 Å². The molecule has 0 unspecified atom stereocenters. The quantitative estimate of drug-likeness (QED) is 0.552. The maximum Gasteiger partial charge on any atom is 0.177 e. The summed E-state index contributed by atoms with van der Waals surface area (Å²) in [5.74, 6) is -1.87. The Bertz CT molecular complexity index is 257. The Morgan fingerprint density at radius 1 is 1.33 bits per heavy atom. The number of Topliss-reactive ketones (excluding diaryl/α,β-unsaturated/α-hetero) is 1. The van der Waals surface area contributed by atoms with Gasteiger partial charge in [-0.2, -0.15) is 0 Å². The third-order valence-electron chi connectivity index (χ3n) is 2.01. The van der Waals surface area contributed by atoms with Crippen molar-refractivity contribution in [2.75, 3.05) is 27.7 Å². The highest BCUT2D eigenvalue weighted by atomic mass is 16.4. The second-order valence-electron chi connectivity index (χ2n) is 4.81. The average Bonchev–Trinajstić information content (AvgIpc) is 1.97. The lowest BCUT2D eigenvalue weighted by Crippen LogP contribution is -2.55. The second kappa shape index (κ2) is 4.72. The summed E-state index contributed by atoms with van der Waals surface area (Å²) in [6.45, 7) is 1.66. The molecule has 5 heteroatoms. The van der Waals surface area contributed by atoms with Crippen LogP contribution >= 0.6 is 0 Å². The van der Waals surface area contributed by atoms with Gasteiger partial charge in [0.15, 0.2) is 11.4 Å². The van der Waals surface area contributed by atoms with Gasteiger partial charge in [0.2, 0.25) is 0 Å². The van der Waals surface area contributed by atoms with E-state index in [9.17, 15) is 19.8 Å². The minimum atomic E-state index is -1.81. The van der Waals surface area contributed by atoms with Crippen molar-refractivity contribution in [3.05, 3.63) is 0 Å². The summed E-state index contributed by atoms with van der Waals surface area (Å²) >= 11 is 0. The number of quaternary nitrogens is 1. The molecule has 0 aliphatic rings. The molecule has 0 radical (unpaired) electrons. The molecule has 0 saturated heterocycles. The molecule has 1 atom stereocenters. The van der Waals surface area contributed by atoms with Crippen molar-refractivity contribution < 1.29 is 24.3 Å². The van der Waals surface area contributed by atoms with Crippen LogP contribution in [0.5, 0.6) is 0 Å². The fourth-order valence-corrected chi connectivity index (χ4v) is 1.60. The van der Waals surface area contributed by atoms with Crippen LogP contribution in [-0.2, 0) is 9.59 Å². The van der Waals surface area contributed by atoms with Crippen molar-refractivity contribution in [1.29, 1.82) is 0 Å². The van der Waals surface area contributed by atoms with E-state index in [-0.39, 0.29) is 13.0 Å². The average molecular weight is 217 g/mol. The summed E-state index contributed by atoms with van der Waals surface area (Å²) in [5.41, 5.74) is -1.81.